The summed E-state index contributed by atoms with van der Waals surface area (Å²) in [7, 11) is -4.11. The summed E-state index contributed by atoms with van der Waals surface area (Å²) in [5.74, 6) is -5.24. The van der Waals surface area contributed by atoms with Gasteiger partial charge in [-0.3, -0.25) is 9.59 Å². The van der Waals surface area contributed by atoms with Crippen LogP contribution in [0.15, 0.2) is 42.5 Å². The molecule has 9 nitrogen and oxygen atoms in total. The number of alkyl halides is 3. The zero-order valence-electron chi connectivity index (χ0n) is 28.9. The van der Waals surface area contributed by atoms with Crippen LogP contribution in [0.5, 0.6) is 0 Å². The van der Waals surface area contributed by atoms with Crippen LogP contribution in [0, 0.1) is 18.6 Å². The van der Waals surface area contributed by atoms with Crippen LogP contribution in [0.25, 0.3) is 0 Å². The molecule has 3 aromatic rings. The molecule has 0 radical (unpaired) electrons. The van der Waals surface area contributed by atoms with Gasteiger partial charge in [-0.1, -0.05) is 57.9 Å². The van der Waals surface area contributed by atoms with Gasteiger partial charge in [0.1, 0.15) is 22.6 Å². The van der Waals surface area contributed by atoms with E-state index in [0.29, 0.717) is 36.8 Å². The van der Waals surface area contributed by atoms with Gasteiger partial charge in [-0.25, -0.2) is 22.2 Å². The maximum Gasteiger partial charge on any atom is 0.435 e. The zero-order valence-corrected chi connectivity index (χ0v) is 30.6. The van der Waals surface area contributed by atoms with Gasteiger partial charge in [0.15, 0.2) is 15.5 Å². The average molecular weight is 761 g/mol. The Hall–Kier alpha value is -3.47. The smallest absolute Gasteiger partial charge is 0.390 e. The number of sulfone groups is 1. The fraction of sp³-hybridized carbons (Fsp3) is 0.514. The van der Waals surface area contributed by atoms with Gasteiger partial charge in [-0.2, -0.15) is 13.2 Å². The normalized spacial score (nSPS) is 13.9. The number of amides is 2. The van der Waals surface area contributed by atoms with E-state index in [-0.39, 0.29) is 36.4 Å². The Balaban J connectivity index is 1.95. The number of aromatic nitrogens is 1. The number of aryl methyl sites for hydroxylation is 2. The van der Waals surface area contributed by atoms with Crippen LogP contribution in [0.2, 0.25) is 0 Å². The highest BCUT2D eigenvalue weighted by Crippen LogP contribution is 2.34. The zero-order chi connectivity index (χ0) is 37.9. The molecule has 0 unspecified atom stereocenters. The first kappa shape index (κ1) is 41.9. The van der Waals surface area contributed by atoms with E-state index in [1.54, 1.807) is 13.8 Å². The molecule has 282 valence electrons. The van der Waals surface area contributed by atoms with Crippen LogP contribution >= 0.6 is 11.3 Å². The molecule has 2 amide bonds. The van der Waals surface area contributed by atoms with Crippen LogP contribution in [0.1, 0.15) is 83.5 Å². The Kier molecular flexibility index (Phi) is 15.5. The highest BCUT2D eigenvalue weighted by atomic mass is 32.2. The molecule has 0 aliphatic heterocycles. The first-order valence-corrected chi connectivity index (χ1v) is 19.3. The van der Waals surface area contributed by atoms with Gasteiger partial charge in [0.2, 0.25) is 5.91 Å². The molecule has 4 N–H and O–H groups in total. The average Bonchev–Trinajstić information content (AvgIpc) is 3.46. The molecule has 0 aliphatic carbocycles. The molecular formula is C35H45F5N4O5S2. The van der Waals surface area contributed by atoms with Crippen molar-refractivity contribution in [3.05, 3.63) is 86.4 Å². The number of carbonyl (C=O) groups excluding carboxylic acids is 2. The monoisotopic (exact) mass is 760 g/mol. The molecule has 0 aliphatic rings. The lowest BCUT2D eigenvalue weighted by molar-refractivity contribution is -0.141. The molecule has 1 heterocycles. The fourth-order valence-electron chi connectivity index (χ4n) is 5.71. The first-order chi connectivity index (χ1) is 24.0. The van der Waals surface area contributed by atoms with Crippen molar-refractivity contribution in [3.8, 4) is 0 Å². The molecule has 1 aromatic heterocycles. The predicted molar refractivity (Wildman–Crippen MR) is 186 cm³/mol. The lowest BCUT2D eigenvalue weighted by atomic mass is 10.00. The Morgan fingerprint density at radius 3 is 2.16 bits per heavy atom. The second kappa shape index (κ2) is 18.9. The standard InChI is InChI=1S/C35H45F5N4O5S2/c1-5-9-27(10-6-2)51(48,49)20-29(44-34(47)31-32(35(38,39)40)42-21(4)50-31)33(46)43-28(16-24-14-25(36)17-26(37)15-24)30(45)19-41-18-23-12-8-11-22(7-3)13-23/h8,11-15,17,27-30,41,45H,5-7,9-10,16,18-20H2,1-4H3,(H,43,46)(H,44,47)/t28-,29+,30+/m0/s1. The van der Waals surface area contributed by atoms with E-state index in [0.717, 1.165) is 29.7 Å². The quantitative estimate of drug-likeness (QED) is 0.116. The van der Waals surface area contributed by atoms with Gasteiger partial charge in [-0.15, -0.1) is 11.3 Å². The summed E-state index contributed by atoms with van der Waals surface area (Å²) in [5.41, 5.74) is 0.581. The number of carbonyl (C=O) groups is 2. The third-order valence-electron chi connectivity index (χ3n) is 8.21. The molecule has 2 aromatic carbocycles. The van der Waals surface area contributed by atoms with Crippen LogP contribution < -0.4 is 16.0 Å². The lowest BCUT2D eigenvalue weighted by Gasteiger charge is -2.28. The molecule has 0 spiro atoms. The minimum Gasteiger partial charge on any atom is -0.390 e. The van der Waals surface area contributed by atoms with Crippen molar-refractivity contribution in [1.82, 2.24) is 20.9 Å². The maximum atomic E-state index is 14.1. The Morgan fingerprint density at radius 2 is 1.57 bits per heavy atom. The number of hydrogen-bond acceptors (Lipinski definition) is 8. The molecule has 16 heteroatoms. The highest BCUT2D eigenvalue weighted by molar-refractivity contribution is 7.92. The van der Waals surface area contributed by atoms with Gasteiger partial charge < -0.3 is 21.1 Å². The largest absolute Gasteiger partial charge is 0.435 e. The molecule has 0 fully saturated rings. The number of hydrogen-bond donors (Lipinski definition) is 4. The van der Waals surface area contributed by atoms with Gasteiger partial charge in [0.25, 0.3) is 5.91 Å². The Morgan fingerprint density at radius 1 is 0.941 bits per heavy atom. The van der Waals surface area contributed by atoms with Crippen molar-refractivity contribution in [2.24, 2.45) is 0 Å². The SMILES string of the molecule is CCCC(CCC)S(=O)(=O)C[C@@H](NC(=O)c1sc(C)nc1C(F)(F)F)C(=O)N[C@@H](Cc1cc(F)cc(F)c1)[C@H](O)CNCc1cccc(CC)c1. The summed E-state index contributed by atoms with van der Waals surface area (Å²) in [5, 5.41) is 18.1. The number of thiazole rings is 1. The van der Waals surface area contributed by atoms with E-state index < -0.39 is 79.2 Å². The van der Waals surface area contributed by atoms with Crippen molar-refractivity contribution in [2.75, 3.05) is 12.3 Å². The Bertz CT molecular complexity index is 1710. The van der Waals surface area contributed by atoms with Crippen molar-refractivity contribution >= 4 is 33.0 Å². The molecule has 3 rings (SSSR count). The number of nitrogens with zero attached hydrogens (tertiary/aromatic N) is 1. The third kappa shape index (κ3) is 12.6. The summed E-state index contributed by atoms with van der Waals surface area (Å²) >= 11 is 0.433. The lowest BCUT2D eigenvalue weighted by Crippen LogP contribution is -2.57. The molecule has 0 bridgehead atoms. The van der Waals surface area contributed by atoms with Gasteiger partial charge in [-0.05, 0) is 61.4 Å². The number of rotatable bonds is 19. The van der Waals surface area contributed by atoms with E-state index in [4.69, 9.17) is 0 Å². The Labute approximate surface area is 299 Å². The first-order valence-electron chi connectivity index (χ1n) is 16.8. The van der Waals surface area contributed by atoms with Crippen molar-refractivity contribution < 1.29 is 45.1 Å². The van der Waals surface area contributed by atoms with E-state index >= 15 is 0 Å². The second-order valence-electron chi connectivity index (χ2n) is 12.4. The van der Waals surface area contributed by atoms with Crippen molar-refractivity contribution in [2.45, 2.75) is 102 Å². The van der Waals surface area contributed by atoms with Crippen LogP contribution in [-0.4, -0.2) is 66.1 Å². The van der Waals surface area contributed by atoms with Crippen LogP contribution in [0.4, 0.5) is 22.0 Å². The molecule has 51 heavy (non-hydrogen) atoms. The number of aliphatic hydroxyl groups is 1. The number of benzene rings is 2. The maximum absolute atomic E-state index is 14.1. The van der Waals surface area contributed by atoms with E-state index in [2.05, 4.69) is 20.9 Å². The number of nitrogens with one attached hydrogen (secondary N) is 3. The number of aliphatic hydroxyl groups excluding tert-OH is 1. The minimum absolute atomic E-state index is 0.0570. The van der Waals surface area contributed by atoms with Gasteiger partial charge in [0, 0.05) is 19.2 Å². The molecule has 0 saturated heterocycles. The summed E-state index contributed by atoms with van der Waals surface area (Å²) < 4.78 is 96.7. The van der Waals surface area contributed by atoms with E-state index in [1.165, 1.54) is 6.92 Å². The van der Waals surface area contributed by atoms with Crippen molar-refractivity contribution in [3.63, 3.8) is 0 Å². The van der Waals surface area contributed by atoms with Crippen LogP contribution in [-0.2, 0) is 40.2 Å². The summed E-state index contributed by atoms with van der Waals surface area (Å²) in [6, 6.07) is 7.17. The van der Waals surface area contributed by atoms with E-state index in [1.807, 2.05) is 31.2 Å². The summed E-state index contributed by atoms with van der Waals surface area (Å²) in [6.45, 7) is 7.03. The van der Waals surface area contributed by atoms with Gasteiger partial charge in [0.05, 0.1) is 28.2 Å². The molecule has 0 saturated carbocycles. The van der Waals surface area contributed by atoms with Gasteiger partial charge >= 0.3 is 6.18 Å². The topological polar surface area (TPSA) is 137 Å². The van der Waals surface area contributed by atoms with E-state index in [9.17, 15) is 45.1 Å². The van der Waals surface area contributed by atoms with Crippen LogP contribution in [0.3, 0.4) is 0 Å². The summed E-state index contributed by atoms with van der Waals surface area (Å²) in [6.07, 6.45) is -4.42. The molecular weight excluding hydrogens is 716 g/mol. The highest BCUT2D eigenvalue weighted by Gasteiger charge is 2.41. The predicted octanol–water partition coefficient (Wildman–Crippen LogP) is 5.67. The summed E-state index contributed by atoms with van der Waals surface area (Å²) in [4.78, 5) is 29.8. The van der Waals surface area contributed by atoms with Crippen molar-refractivity contribution in [1.29, 1.82) is 0 Å². The fourth-order valence-corrected chi connectivity index (χ4v) is 8.71. The third-order valence-corrected chi connectivity index (χ3v) is 11.5. The number of halogens is 5. The molecule has 3 atom stereocenters. The second-order valence-corrected chi connectivity index (χ2v) is 16.0. The minimum atomic E-state index is -5.01.